The zero-order chi connectivity index (χ0) is 24.8. The van der Waals surface area contributed by atoms with Crippen molar-refractivity contribution in [2.24, 2.45) is 5.10 Å². The average Bonchev–Trinajstić information content (AvgIpc) is 3.67. The minimum absolute atomic E-state index is 0.121. The highest BCUT2D eigenvalue weighted by molar-refractivity contribution is 7.12. The summed E-state index contributed by atoms with van der Waals surface area (Å²) >= 11 is 2.92. The van der Waals surface area contributed by atoms with Crippen LogP contribution >= 0.6 is 22.7 Å². The number of benzene rings is 1. The summed E-state index contributed by atoms with van der Waals surface area (Å²) in [7, 11) is 4.76. The molecule has 1 aromatic carbocycles. The molecule has 0 bridgehead atoms. The number of methoxy groups -OCH3 is 3. The Labute approximate surface area is 212 Å². The molecule has 8 nitrogen and oxygen atoms in total. The Bertz CT molecular complexity index is 1180. The van der Waals surface area contributed by atoms with Gasteiger partial charge in [0.05, 0.1) is 42.3 Å². The third-order valence-electron chi connectivity index (χ3n) is 5.68. The number of carbonyl (C=O) groups is 2. The maximum absolute atomic E-state index is 13.7. The Morgan fingerprint density at radius 3 is 2.54 bits per heavy atom. The number of thiophene rings is 2. The molecule has 35 heavy (non-hydrogen) atoms. The Hall–Kier alpha value is -3.21. The van der Waals surface area contributed by atoms with E-state index in [-0.39, 0.29) is 18.4 Å². The number of hydrazone groups is 1. The molecule has 0 spiro atoms. The van der Waals surface area contributed by atoms with Gasteiger partial charge >= 0.3 is 0 Å². The van der Waals surface area contributed by atoms with Gasteiger partial charge in [-0.05, 0) is 41.1 Å². The predicted molar refractivity (Wildman–Crippen MR) is 137 cm³/mol. The van der Waals surface area contributed by atoms with Gasteiger partial charge in [0, 0.05) is 25.6 Å². The van der Waals surface area contributed by atoms with Crippen molar-refractivity contribution in [3.63, 3.8) is 0 Å². The third-order valence-corrected chi connectivity index (χ3v) is 7.45. The number of hydrogen-bond acceptors (Lipinski definition) is 8. The fourth-order valence-corrected chi connectivity index (χ4v) is 5.33. The van der Waals surface area contributed by atoms with Crippen LogP contribution in [-0.4, -0.2) is 68.5 Å². The summed E-state index contributed by atoms with van der Waals surface area (Å²) in [6.07, 6.45) is 0.521. The lowest BCUT2D eigenvalue weighted by atomic mass is 9.99. The van der Waals surface area contributed by atoms with Crippen LogP contribution in [0.3, 0.4) is 0 Å². The van der Waals surface area contributed by atoms with Crippen molar-refractivity contribution < 1.29 is 23.8 Å². The largest absolute Gasteiger partial charge is 0.497 e. The number of hydrogen-bond donors (Lipinski definition) is 0. The molecular formula is C25H27N3O5S2. The third kappa shape index (κ3) is 5.55. The van der Waals surface area contributed by atoms with Crippen LogP contribution in [-0.2, 0) is 9.53 Å². The van der Waals surface area contributed by atoms with E-state index >= 15 is 0 Å². The molecule has 2 amide bonds. The van der Waals surface area contributed by atoms with E-state index in [1.165, 1.54) is 21.2 Å². The first-order valence-corrected chi connectivity index (χ1v) is 12.8. The quantitative estimate of drug-likeness (QED) is 0.404. The fraction of sp³-hybridized carbons (Fsp3) is 0.320. The molecule has 0 aliphatic carbocycles. The second-order valence-corrected chi connectivity index (χ2v) is 9.68. The molecule has 1 aliphatic rings. The van der Waals surface area contributed by atoms with Crippen LogP contribution in [0.25, 0.3) is 0 Å². The predicted octanol–water partition coefficient (Wildman–Crippen LogP) is 4.29. The molecule has 3 aromatic rings. The molecule has 0 saturated carbocycles. The second kappa shape index (κ2) is 11.5. The summed E-state index contributed by atoms with van der Waals surface area (Å²) in [6.45, 7) is 0.493. The van der Waals surface area contributed by atoms with Crippen molar-refractivity contribution in [1.82, 2.24) is 9.91 Å². The monoisotopic (exact) mass is 513 g/mol. The second-order valence-electron chi connectivity index (χ2n) is 7.79. The molecule has 4 rings (SSSR count). The van der Waals surface area contributed by atoms with Crippen molar-refractivity contribution in [3.8, 4) is 11.5 Å². The van der Waals surface area contributed by atoms with Crippen LogP contribution in [0.15, 0.2) is 58.3 Å². The highest BCUT2D eigenvalue weighted by atomic mass is 32.1. The Balaban J connectivity index is 1.66. The van der Waals surface area contributed by atoms with Gasteiger partial charge in [-0.1, -0.05) is 12.1 Å². The van der Waals surface area contributed by atoms with E-state index < -0.39 is 6.04 Å². The van der Waals surface area contributed by atoms with E-state index in [9.17, 15) is 9.59 Å². The summed E-state index contributed by atoms with van der Waals surface area (Å²) < 4.78 is 16.2. The number of amides is 2. The van der Waals surface area contributed by atoms with Crippen LogP contribution < -0.4 is 9.47 Å². The first kappa shape index (κ1) is 24.9. The number of carbonyl (C=O) groups excluding carboxylic acids is 2. The van der Waals surface area contributed by atoms with E-state index in [0.29, 0.717) is 35.9 Å². The molecule has 0 unspecified atom stereocenters. The summed E-state index contributed by atoms with van der Waals surface area (Å²) in [5.74, 6) is 0.810. The van der Waals surface area contributed by atoms with Gasteiger partial charge in [-0.2, -0.15) is 5.10 Å². The van der Waals surface area contributed by atoms with Crippen molar-refractivity contribution >= 4 is 40.2 Å². The van der Waals surface area contributed by atoms with Crippen LogP contribution in [0.4, 0.5) is 0 Å². The van der Waals surface area contributed by atoms with Gasteiger partial charge < -0.3 is 19.1 Å². The molecule has 3 heterocycles. The van der Waals surface area contributed by atoms with E-state index in [1.54, 1.807) is 38.7 Å². The molecule has 0 fully saturated rings. The van der Waals surface area contributed by atoms with Gasteiger partial charge in [0.25, 0.3) is 11.8 Å². The SMILES string of the molecule is COCCN(CC(=O)N1N=C(c2cccs2)C[C@@H]1c1cc(OC)ccc1OC)C(=O)c1cccs1. The molecule has 0 N–H and O–H groups in total. The fourth-order valence-electron chi connectivity index (χ4n) is 3.92. The Morgan fingerprint density at radius 2 is 1.89 bits per heavy atom. The minimum Gasteiger partial charge on any atom is -0.497 e. The summed E-state index contributed by atoms with van der Waals surface area (Å²) in [5, 5.41) is 10.0. The highest BCUT2D eigenvalue weighted by Crippen LogP contribution is 2.39. The molecule has 10 heteroatoms. The van der Waals surface area contributed by atoms with E-state index in [2.05, 4.69) is 0 Å². The van der Waals surface area contributed by atoms with E-state index in [4.69, 9.17) is 19.3 Å². The molecule has 1 atom stereocenters. The summed E-state index contributed by atoms with van der Waals surface area (Å²) in [5.41, 5.74) is 1.61. The van der Waals surface area contributed by atoms with Gasteiger partial charge in [-0.3, -0.25) is 9.59 Å². The molecule has 0 saturated heterocycles. The lowest BCUT2D eigenvalue weighted by Gasteiger charge is -2.27. The zero-order valence-corrected chi connectivity index (χ0v) is 21.4. The van der Waals surface area contributed by atoms with Crippen molar-refractivity contribution in [2.45, 2.75) is 12.5 Å². The number of ether oxygens (including phenoxy) is 3. The molecular weight excluding hydrogens is 486 g/mol. The maximum atomic E-state index is 13.7. The Morgan fingerprint density at radius 1 is 1.09 bits per heavy atom. The van der Waals surface area contributed by atoms with E-state index in [1.807, 2.05) is 47.2 Å². The number of nitrogens with zero attached hydrogens (tertiary/aromatic N) is 3. The van der Waals surface area contributed by atoms with E-state index in [0.717, 1.165) is 16.2 Å². The van der Waals surface area contributed by atoms with Crippen molar-refractivity contribution in [1.29, 1.82) is 0 Å². The van der Waals surface area contributed by atoms with Gasteiger partial charge in [-0.25, -0.2) is 5.01 Å². The van der Waals surface area contributed by atoms with Gasteiger partial charge in [-0.15, -0.1) is 22.7 Å². The van der Waals surface area contributed by atoms with Crippen LogP contribution in [0, 0.1) is 0 Å². The zero-order valence-electron chi connectivity index (χ0n) is 19.8. The lowest BCUT2D eigenvalue weighted by Crippen LogP contribution is -2.42. The summed E-state index contributed by atoms with van der Waals surface area (Å²) in [4.78, 5) is 29.8. The summed E-state index contributed by atoms with van der Waals surface area (Å²) in [6, 6.07) is 12.6. The van der Waals surface area contributed by atoms with Crippen LogP contribution in [0.2, 0.25) is 0 Å². The van der Waals surface area contributed by atoms with Crippen molar-refractivity contribution in [2.75, 3.05) is 41.0 Å². The first-order chi connectivity index (χ1) is 17.0. The topological polar surface area (TPSA) is 80.7 Å². The molecule has 184 valence electrons. The molecule has 2 aromatic heterocycles. The Kier molecular flexibility index (Phi) is 8.17. The minimum atomic E-state index is -0.397. The standard InChI is InChI=1S/C25H27N3O5S2/c1-31-11-10-27(25(30)23-7-5-13-35-23)16-24(29)28-20(15-19(26-28)22-6-4-12-34-22)18-14-17(32-2)8-9-21(18)33-3/h4-9,12-14,20H,10-11,15-16H2,1-3H3/t20-/m1/s1. The van der Waals surface area contributed by atoms with Gasteiger partial charge in [0.15, 0.2) is 0 Å². The van der Waals surface area contributed by atoms with Gasteiger partial charge in [0.2, 0.25) is 0 Å². The molecule has 0 radical (unpaired) electrons. The van der Waals surface area contributed by atoms with Crippen LogP contribution in [0.1, 0.15) is 32.6 Å². The lowest BCUT2D eigenvalue weighted by molar-refractivity contribution is -0.133. The van der Waals surface area contributed by atoms with Crippen LogP contribution in [0.5, 0.6) is 11.5 Å². The maximum Gasteiger partial charge on any atom is 0.264 e. The highest BCUT2D eigenvalue weighted by Gasteiger charge is 2.36. The van der Waals surface area contributed by atoms with Gasteiger partial charge in [0.1, 0.15) is 18.0 Å². The normalized spacial score (nSPS) is 15.1. The average molecular weight is 514 g/mol. The van der Waals surface area contributed by atoms with Crippen molar-refractivity contribution in [3.05, 3.63) is 68.5 Å². The first-order valence-electron chi connectivity index (χ1n) is 11.0. The smallest absolute Gasteiger partial charge is 0.264 e. The number of rotatable bonds is 10. The molecule has 1 aliphatic heterocycles.